The molecular weight excluding hydrogens is 273 g/mol. The van der Waals surface area contributed by atoms with Crippen molar-refractivity contribution in [3.05, 3.63) is 29.6 Å². The molecule has 1 amide bonds. The number of halogens is 1. The van der Waals surface area contributed by atoms with Gasteiger partial charge in [0.2, 0.25) is 5.91 Å². The molecule has 112 valence electrons. The van der Waals surface area contributed by atoms with Gasteiger partial charge in [0.1, 0.15) is 5.82 Å². The van der Waals surface area contributed by atoms with E-state index in [2.05, 4.69) is 10.6 Å². The first-order valence-electron chi connectivity index (χ1n) is 7.01. The molecular formula is C15H18FN3O2. The molecule has 0 bridgehead atoms. The van der Waals surface area contributed by atoms with Crippen molar-refractivity contribution in [3.8, 4) is 6.07 Å². The lowest BCUT2D eigenvalue weighted by molar-refractivity contribution is -0.117. The zero-order valence-electron chi connectivity index (χ0n) is 11.7. The number of hydrogen-bond acceptors (Lipinski definition) is 4. The van der Waals surface area contributed by atoms with E-state index < -0.39 is 5.82 Å². The number of ether oxygens (including phenoxy) is 1. The van der Waals surface area contributed by atoms with E-state index in [1.54, 1.807) is 0 Å². The largest absolute Gasteiger partial charge is 0.378 e. The third-order valence-corrected chi connectivity index (χ3v) is 3.34. The molecule has 0 radical (unpaired) electrons. The van der Waals surface area contributed by atoms with Crippen LogP contribution in [0.25, 0.3) is 0 Å². The van der Waals surface area contributed by atoms with Gasteiger partial charge in [-0.15, -0.1) is 0 Å². The molecule has 1 aromatic rings. The SMILES string of the molecule is N#Cc1ccc(NC(=O)CCOC2CCNCC2)c(F)c1. The van der Waals surface area contributed by atoms with Crippen molar-refractivity contribution < 1.29 is 13.9 Å². The van der Waals surface area contributed by atoms with Gasteiger partial charge in [0.05, 0.1) is 36.5 Å². The number of nitriles is 1. The monoisotopic (exact) mass is 291 g/mol. The summed E-state index contributed by atoms with van der Waals surface area (Å²) < 4.78 is 19.2. The molecule has 0 spiro atoms. The van der Waals surface area contributed by atoms with Crippen LogP contribution < -0.4 is 10.6 Å². The smallest absolute Gasteiger partial charge is 0.226 e. The maximum Gasteiger partial charge on any atom is 0.226 e. The minimum atomic E-state index is -0.610. The summed E-state index contributed by atoms with van der Waals surface area (Å²) >= 11 is 0. The van der Waals surface area contributed by atoms with E-state index in [1.165, 1.54) is 12.1 Å². The molecule has 0 aliphatic carbocycles. The first kappa shape index (κ1) is 15.4. The Kier molecular flexibility index (Phi) is 5.67. The number of carbonyl (C=O) groups is 1. The lowest BCUT2D eigenvalue weighted by Crippen LogP contribution is -2.33. The van der Waals surface area contributed by atoms with Crippen LogP contribution in [0.15, 0.2) is 18.2 Å². The third kappa shape index (κ3) is 4.81. The third-order valence-electron chi connectivity index (χ3n) is 3.34. The number of amides is 1. The van der Waals surface area contributed by atoms with Gasteiger partial charge in [-0.25, -0.2) is 4.39 Å². The van der Waals surface area contributed by atoms with Crippen LogP contribution in [-0.4, -0.2) is 31.7 Å². The van der Waals surface area contributed by atoms with Gasteiger partial charge in [-0.3, -0.25) is 4.79 Å². The van der Waals surface area contributed by atoms with Crippen LogP contribution in [0.4, 0.5) is 10.1 Å². The second-order valence-corrected chi connectivity index (χ2v) is 4.92. The zero-order valence-corrected chi connectivity index (χ0v) is 11.7. The van der Waals surface area contributed by atoms with E-state index in [4.69, 9.17) is 10.00 Å². The highest BCUT2D eigenvalue weighted by molar-refractivity contribution is 5.90. The second-order valence-electron chi connectivity index (χ2n) is 4.92. The van der Waals surface area contributed by atoms with E-state index in [-0.39, 0.29) is 29.7 Å². The van der Waals surface area contributed by atoms with Crippen LogP contribution in [-0.2, 0) is 9.53 Å². The highest BCUT2D eigenvalue weighted by Crippen LogP contribution is 2.15. The van der Waals surface area contributed by atoms with Crippen LogP contribution in [0.2, 0.25) is 0 Å². The van der Waals surface area contributed by atoms with E-state index in [0.29, 0.717) is 6.61 Å². The van der Waals surface area contributed by atoms with Gasteiger partial charge in [-0.2, -0.15) is 5.26 Å². The number of anilines is 1. The van der Waals surface area contributed by atoms with Crippen LogP contribution in [0.5, 0.6) is 0 Å². The summed E-state index contributed by atoms with van der Waals surface area (Å²) in [5, 5.41) is 14.4. The molecule has 0 aromatic heterocycles. The number of piperidine rings is 1. The maximum absolute atomic E-state index is 13.6. The predicted molar refractivity (Wildman–Crippen MR) is 76.2 cm³/mol. The summed E-state index contributed by atoms with van der Waals surface area (Å²) in [5.74, 6) is -0.908. The second kappa shape index (κ2) is 7.72. The molecule has 21 heavy (non-hydrogen) atoms. The van der Waals surface area contributed by atoms with Crippen LogP contribution in [0.3, 0.4) is 0 Å². The molecule has 1 aliphatic rings. The average molecular weight is 291 g/mol. The number of rotatable bonds is 5. The van der Waals surface area contributed by atoms with Gasteiger partial charge in [0.25, 0.3) is 0 Å². The van der Waals surface area contributed by atoms with Crippen LogP contribution >= 0.6 is 0 Å². The fourth-order valence-corrected chi connectivity index (χ4v) is 2.18. The van der Waals surface area contributed by atoms with Crippen molar-refractivity contribution >= 4 is 11.6 Å². The molecule has 5 nitrogen and oxygen atoms in total. The maximum atomic E-state index is 13.6. The van der Waals surface area contributed by atoms with Crippen LogP contribution in [0.1, 0.15) is 24.8 Å². The average Bonchev–Trinajstić information content (AvgIpc) is 2.50. The number of nitrogens with one attached hydrogen (secondary N) is 2. The van der Waals surface area contributed by atoms with Crippen molar-refractivity contribution in [1.82, 2.24) is 5.32 Å². The van der Waals surface area contributed by atoms with Gasteiger partial charge >= 0.3 is 0 Å². The Hall–Kier alpha value is -1.97. The minimum absolute atomic E-state index is 0.0841. The fraction of sp³-hybridized carbons (Fsp3) is 0.467. The number of benzene rings is 1. The minimum Gasteiger partial charge on any atom is -0.378 e. The normalized spacial score (nSPS) is 15.4. The summed E-state index contributed by atoms with van der Waals surface area (Å²) in [4.78, 5) is 11.7. The Morgan fingerprint density at radius 3 is 2.90 bits per heavy atom. The molecule has 0 saturated carbocycles. The molecule has 1 aromatic carbocycles. The Morgan fingerprint density at radius 1 is 1.48 bits per heavy atom. The molecule has 0 unspecified atom stereocenters. The first-order chi connectivity index (χ1) is 10.2. The topological polar surface area (TPSA) is 74.2 Å². The van der Waals surface area contributed by atoms with Crippen molar-refractivity contribution in [2.75, 3.05) is 25.0 Å². The van der Waals surface area contributed by atoms with E-state index in [9.17, 15) is 9.18 Å². The Morgan fingerprint density at radius 2 is 2.24 bits per heavy atom. The lowest BCUT2D eigenvalue weighted by Gasteiger charge is -2.22. The Bertz CT molecular complexity index is 536. The van der Waals surface area contributed by atoms with Gasteiger partial charge in [-0.05, 0) is 44.1 Å². The number of nitrogens with zero attached hydrogens (tertiary/aromatic N) is 1. The summed E-state index contributed by atoms with van der Waals surface area (Å²) in [6.45, 7) is 2.20. The molecule has 1 aliphatic heterocycles. The number of carbonyl (C=O) groups excluding carboxylic acids is 1. The molecule has 6 heteroatoms. The van der Waals surface area contributed by atoms with Gasteiger partial charge in [0.15, 0.2) is 0 Å². The molecule has 1 saturated heterocycles. The summed E-state index contributed by atoms with van der Waals surface area (Å²) in [6, 6.07) is 5.79. The first-order valence-corrected chi connectivity index (χ1v) is 7.01. The number of hydrogen-bond donors (Lipinski definition) is 2. The fourth-order valence-electron chi connectivity index (χ4n) is 2.18. The zero-order chi connectivity index (χ0) is 15.1. The molecule has 1 fully saturated rings. The molecule has 2 N–H and O–H groups in total. The van der Waals surface area contributed by atoms with Gasteiger partial charge in [-0.1, -0.05) is 0 Å². The quantitative estimate of drug-likeness (QED) is 0.867. The molecule has 2 rings (SSSR count). The summed E-state index contributed by atoms with van der Waals surface area (Å²) in [6.07, 6.45) is 2.28. The Labute approximate surface area is 123 Å². The molecule has 0 atom stereocenters. The van der Waals surface area contributed by atoms with Crippen molar-refractivity contribution in [3.63, 3.8) is 0 Å². The van der Waals surface area contributed by atoms with Crippen molar-refractivity contribution in [2.45, 2.75) is 25.4 Å². The summed E-state index contributed by atoms with van der Waals surface area (Å²) in [5.41, 5.74) is 0.306. The molecule has 1 heterocycles. The van der Waals surface area contributed by atoms with Crippen molar-refractivity contribution in [2.24, 2.45) is 0 Å². The highest BCUT2D eigenvalue weighted by Gasteiger charge is 2.14. The van der Waals surface area contributed by atoms with E-state index in [0.717, 1.165) is 32.0 Å². The lowest BCUT2D eigenvalue weighted by atomic mass is 10.1. The van der Waals surface area contributed by atoms with Crippen molar-refractivity contribution in [1.29, 1.82) is 5.26 Å². The van der Waals surface area contributed by atoms with Gasteiger partial charge in [0, 0.05) is 0 Å². The predicted octanol–water partition coefficient (Wildman–Crippen LogP) is 1.79. The Balaban J connectivity index is 1.75. The standard InChI is InChI=1S/C15H18FN3O2/c16-13-9-11(10-17)1-2-14(13)19-15(20)5-8-21-12-3-6-18-7-4-12/h1-2,9,12,18H,3-8H2,(H,19,20). The summed E-state index contributed by atoms with van der Waals surface area (Å²) in [7, 11) is 0. The van der Waals surface area contributed by atoms with E-state index in [1.807, 2.05) is 6.07 Å². The highest BCUT2D eigenvalue weighted by atomic mass is 19.1. The van der Waals surface area contributed by atoms with Gasteiger partial charge < -0.3 is 15.4 Å². The van der Waals surface area contributed by atoms with Crippen LogP contribution in [0, 0.1) is 17.1 Å². The van der Waals surface area contributed by atoms with E-state index >= 15 is 0 Å².